The zero-order valence-electron chi connectivity index (χ0n) is 7.53. The van der Waals surface area contributed by atoms with Crippen LogP contribution in [0.2, 0.25) is 0 Å². The molecule has 2 fully saturated rings. The Balaban J connectivity index is 1.96. The van der Waals surface area contributed by atoms with E-state index in [4.69, 9.17) is 15.6 Å². The number of hydrogen-bond donors (Lipinski definition) is 2. The van der Waals surface area contributed by atoms with Gasteiger partial charge in [-0.05, 0) is 31.6 Å². The molecule has 0 unspecified atom stereocenters. The van der Waals surface area contributed by atoms with Gasteiger partial charge in [0.05, 0.1) is 5.60 Å². The molecule has 0 aromatic rings. The fourth-order valence-corrected chi connectivity index (χ4v) is 2.06. The fourth-order valence-electron chi connectivity index (χ4n) is 2.06. The number of carboxylic acids is 1. The van der Waals surface area contributed by atoms with Gasteiger partial charge in [-0.2, -0.15) is 0 Å². The zero-order chi connectivity index (χ0) is 9.47. The van der Waals surface area contributed by atoms with Crippen LogP contribution in [-0.4, -0.2) is 29.3 Å². The monoisotopic (exact) mass is 185 g/mol. The lowest BCUT2D eigenvalue weighted by atomic mass is 9.88. The first kappa shape index (κ1) is 8.97. The number of rotatable bonds is 2. The third-order valence-electron chi connectivity index (χ3n) is 3.13. The van der Waals surface area contributed by atoms with Gasteiger partial charge in [-0.1, -0.05) is 0 Å². The van der Waals surface area contributed by atoms with E-state index < -0.39 is 12.0 Å². The highest BCUT2D eigenvalue weighted by Gasteiger charge is 2.49. The van der Waals surface area contributed by atoms with Crippen molar-refractivity contribution in [3.63, 3.8) is 0 Å². The van der Waals surface area contributed by atoms with Crippen LogP contribution in [0, 0.1) is 5.92 Å². The number of carboxylic acid groups (broad SMARTS) is 1. The Labute approximate surface area is 77.1 Å². The molecule has 2 aliphatic rings. The lowest BCUT2D eigenvalue weighted by Gasteiger charge is -2.31. The molecule has 4 heteroatoms. The first-order valence-electron chi connectivity index (χ1n) is 4.75. The molecule has 2 rings (SSSR count). The van der Waals surface area contributed by atoms with E-state index in [-0.39, 0.29) is 11.5 Å². The minimum atomic E-state index is -0.886. The van der Waals surface area contributed by atoms with Crippen molar-refractivity contribution in [2.24, 2.45) is 11.7 Å². The highest BCUT2D eigenvalue weighted by Crippen LogP contribution is 2.48. The van der Waals surface area contributed by atoms with Crippen molar-refractivity contribution in [1.29, 1.82) is 0 Å². The maximum atomic E-state index is 10.7. The predicted octanol–water partition coefficient (Wildman–Crippen LogP) is 0.357. The molecule has 0 aromatic carbocycles. The lowest BCUT2D eigenvalue weighted by molar-refractivity contribution is -0.141. The fraction of sp³-hybridized carbons (Fsp3) is 0.889. The van der Waals surface area contributed by atoms with E-state index in [1.807, 2.05) is 0 Å². The van der Waals surface area contributed by atoms with E-state index in [0.717, 1.165) is 25.7 Å². The highest BCUT2D eigenvalue weighted by molar-refractivity contribution is 5.73. The van der Waals surface area contributed by atoms with Crippen LogP contribution in [-0.2, 0) is 9.53 Å². The molecule has 1 spiro atoms. The third-order valence-corrected chi connectivity index (χ3v) is 3.13. The van der Waals surface area contributed by atoms with Crippen LogP contribution < -0.4 is 5.73 Å². The molecule has 0 radical (unpaired) electrons. The first-order chi connectivity index (χ1) is 6.13. The summed E-state index contributed by atoms with van der Waals surface area (Å²) in [5, 5.41) is 8.76. The zero-order valence-corrected chi connectivity index (χ0v) is 7.53. The topological polar surface area (TPSA) is 72.6 Å². The second-order valence-electron chi connectivity index (χ2n) is 4.15. The minimum Gasteiger partial charge on any atom is -0.480 e. The maximum Gasteiger partial charge on any atom is 0.320 e. The molecular weight excluding hydrogens is 170 g/mol. The Morgan fingerprint density at radius 2 is 2.31 bits per heavy atom. The summed E-state index contributed by atoms with van der Waals surface area (Å²) in [6.07, 6.45) is 3.78. The van der Waals surface area contributed by atoms with Gasteiger partial charge in [0.25, 0.3) is 0 Å². The van der Waals surface area contributed by atoms with Crippen molar-refractivity contribution < 1.29 is 14.6 Å². The van der Waals surface area contributed by atoms with E-state index in [2.05, 4.69) is 0 Å². The first-order valence-corrected chi connectivity index (χ1v) is 4.75. The molecule has 0 amide bonds. The summed E-state index contributed by atoms with van der Waals surface area (Å²) in [5.41, 5.74) is 5.61. The molecule has 2 atom stereocenters. The standard InChI is InChI=1S/C9H15NO3/c10-7(8(11)12)6-1-4-13-9(5-6)2-3-9/h6-7H,1-5,10H2,(H,11,12)/t6-,7-/m0/s1. The van der Waals surface area contributed by atoms with Gasteiger partial charge in [0.15, 0.2) is 0 Å². The van der Waals surface area contributed by atoms with Crippen LogP contribution >= 0.6 is 0 Å². The van der Waals surface area contributed by atoms with E-state index in [1.54, 1.807) is 0 Å². The number of nitrogens with two attached hydrogens (primary N) is 1. The predicted molar refractivity (Wildman–Crippen MR) is 46.3 cm³/mol. The number of aliphatic carboxylic acids is 1. The van der Waals surface area contributed by atoms with Gasteiger partial charge >= 0.3 is 5.97 Å². The van der Waals surface area contributed by atoms with E-state index in [9.17, 15) is 4.79 Å². The summed E-state index contributed by atoms with van der Waals surface area (Å²) >= 11 is 0. The van der Waals surface area contributed by atoms with Crippen LogP contribution in [0.15, 0.2) is 0 Å². The Kier molecular flexibility index (Phi) is 2.04. The number of carbonyl (C=O) groups is 1. The smallest absolute Gasteiger partial charge is 0.320 e. The van der Waals surface area contributed by atoms with Gasteiger partial charge in [-0.15, -0.1) is 0 Å². The lowest BCUT2D eigenvalue weighted by Crippen LogP contribution is -2.43. The van der Waals surface area contributed by atoms with Crippen molar-refractivity contribution in [3.8, 4) is 0 Å². The summed E-state index contributed by atoms with van der Waals surface area (Å²) in [4.78, 5) is 10.7. The van der Waals surface area contributed by atoms with Crippen LogP contribution in [0.1, 0.15) is 25.7 Å². The average molecular weight is 185 g/mol. The Morgan fingerprint density at radius 3 is 2.85 bits per heavy atom. The third kappa shape index (κ3) is 1.69. The number of hydrogen-bond acceptors (Lipinski definition) is 3. The molecule has 4 nitrogen and oxygen atoms in total. The van der Waals surface area contributed by atoms with Gasteiger partial charge in [-0.3, -0.25) is 4.79 Å². The number of ether oxygens (including phenoxy) is 1. The molecule has 1 heterocycles. The minimum absolute atomic E-state index is 0.0238. The van der Waals surface area contributed by atoms with Crippen LogP contribution in [0.4, 0.5) is 0 Å². The van der Waals surface area contributed by atoms with E-state index in [1.165, 1.54) is 0 Å². The summed E-state index contributed by atoms with van der Waals surface area (Å²) in [6.45, 7) is 0.672. The maximum absolute atomic E-state index is 10.7. The quantitative estimate of drug-likeness (QED) is 0.651. The average Bonchev–Trinajstić information content (AvgIpc) is 2.83. The summed E-state index contributed by atoms with van der Waals surface area (Å²) < 4.78 is 5.59. The molecule has 74 valence electrons. The van der Waals surface area contributed by atoms with Gasteiger partial charge in [-0.25, -0.2) is 0 Å². The summed E-state index contributed by atoms with van der Waals surface area (Å²) in [5.74, 6) is -0.781. The normalized spacial score (nSPS) is 32.8. The Hall–Kier alpha value is -0.610. The molecule has 1 aliphatic heterocycles. The Bertz CT molecular complexity index is 225. The molecule has 1 saturated heterocycles. The van der Waals surface area contributed by atoms with Crippen LogP contribution in [0.3, 0.4) is 0 Å². The molecule has 3 N–H and O–H groups in total. The van der Waals surface area contributed by atoms with Crippen molar-refractivity contribution >= 4 is 5.97 Å². The molecule has 1 saturated carbocycles. The highest BCUT2D eigenvalue weighted by atomic mass is 16.5. The van der Waals surface area contributed by atoms with E-state index >= 15 is 0 Å². The molecule has 0 bridgehead atoms. The van der Waals surface area contributed by atoms with Crippen molar-refractivity contribution in [2.45, 2.75) is 37.3 Å². The Morgan fingerprint density at radius 1 is 1.62 bits per heavy atom. The van der Waals surface area contributed by atoms with Crippen molar-refractivity contribution in [3.05, 3.63) is 0 Å². The van der Waals surface area contributed by atoms with Gasteiger partial charge in [0.1, 0.15) is 6.04 Å². The van der Waals surface area contributed by atoms with Gasteiger partial charge in [0, 0.05) is 6.61 Å². The molecular formula is C9H15NO3. The second-order valence-corrected chi connectivity index (χ2v) is 4.15. The largest absolute Gasteiger partial charge is 0.480 e. The summed E-state index contributed by atoms with van der Waals surface area (Å²) in [7, 11) is 0. The SMILES string of the molecule is N[C@H](C(=O)O)[C@H]1CCOC2(CC2)C1. The van der Waals surface area contributed by atoms with Crippen LogP contribution in [0.25, 0.3) is 0 Å². The van der Waals surface area contributed by atoms with Crippen LogP contribution in [0.5, 0.6) is 0 Å². The summed E-state index contributed by atoms with van der Waals surface area (Å²) in [6, 6.07) is -0.707. The second kappa shape index (κ2) is 2.96. The van der Waals surface area contributed by atoms with E-state index in [0.29, 0.717) is 6.61 Å². The van der Waals surface area contributed by atoms with Crippen molar-refractivity contribution in [2.75, 3.05) is 6.61 Å². The van der Waals surface area contributed by atoms with Gasteiger partial charge < -0.3 is 15.6 Å². The molecule has 1 aliphatic carbocycles. The van der Waals surface area contributed by atoms with Crippen molar-refractivity contribution in [1.82, 2.24) is 0 Å². The van der Waals surface area contributed by atoms with Gasteiger partial charge in [0.2, 0.25) is 0 Å². The molecule has 0 aromatic heterocycles. The molecule has 13 heavy (non-hydrogen) atoms.